The molecule has 0 saturated carbocycles. The third kappa shape index (κ3) is 7.83. The lowest BCUT2D eigenvalue weighted by Gasteiger charge is -2.24. The highest BCUT2D eigenvalue weighted by molar-refractivity contribution is 5.90. The summed E-state index contributed by atoms with van der Waals surface area (Å²) in [7, 11) is 0. The molecule has 3 rings (SSSR count). The van der Waals surface area contributed by atoms with Gasteiger partial charge in [-0.25, -0.2) is 14.6 Å². The van der Waals surface area contributed by atoms with Crippen molar-refractivity contribution in [1.82, 2.24) is 14.9 Å². The molecule has 1 amide bonds. The van der Waals surface area contributed by atoms with E-state index in [1.165, 1.54) is 0 Å². The Balaban J connectivity index is 1.79. The third-order valence-corrected chi connectivity index (χ3v) is 5.16. The number of aromatic amines is 1. The second-order valence-electron chi connectivity index (χ2n) is 10.8. The molecule has 1 fully saturated rings. The van der Waals surface area contributed by atoms with Crippen LogP contribution in [0.25, 0.3) is 0 Å². The summed E-state index contributed by atoms with van der Waals surface area (Å²) in [6.45, 7) is 11.8. The molecule has 1 saturated heterocycles. The Kier molecular flexibility index (Phi) is 7.87. The Labute approximate surface area is 205 Å². The summed E-state index contributed by atoms with van der Waals surface area (Å²) in [5.41, 5.74) is -1.19. The summed E-state index contributed by atoms with van der Waals surface area (Å²) >= 11 is 0. The van der Waals surface area contributed by atoms with E-state index in [0.717, 1.165) is 12.0 Å². The molecule has 0 radical (unpaired) electrons. The van der Waals surface area contributed by atoms with Crippen LogP contribution in [0.5, 0.6) is 5.75 Å². The fourth-order valence-corrected chi connectivity index (χ4v) is 3.70. The van der Waals surface area contributed by atoms with Gasteiger partial charge in [0.25, 0.3) is 5.56 Å². The van der Waals surface area contributed by atoms with Crippen molar-refractivity contribution in [3.8, 4) is 5.75 Å². The number of H-pyrrole nitrogens is 1. The zero-order valence-corrected chi connectivity index (χ0v) is 21.3. The number of nitrogens with one attached hydrogen (secondary N) is 1. The molecule has 1 aliphatic rings. The van der Waals surface area contributed by atoms with Gasteiger partial charge in [0, 0.05) is 19.5 Å². The van der Waals surface area contributed by atoms with Gasteiger partial charge in [-0.1, -0.05) is 30.3 Å². The largest absolute Gasteiger partial charge is 0.481 e. The molecule has 0 spiro atoms. The van der Waals surface area contributed by atoms with Gasteiger partial charge in [-0.2, -0.15) is 0 Å². The Bertz CT molecular complexity index is 1100. The average Bonchev–Trinajstić information content (AvgIpc) is 3.19. The number of esters is 1. The molecule has 1 unspecified atom stereocenters. The summed E-state index contributed by atoms with van der Waals surface area (Å²) < 4.78 is 16.7. The van der Waals surface area contributed by atoms with Gasteiger partial charge in [-0.15, -0.1) is 0 Å². The molecular weight excluding hydrogens is 450 g/mol. The van der Waals surface area contributed by atoms with Gasteiger partial charge in [0.15, 0.2) is 5.69 Å². The standard InChI is InChI=1S/C26H35N3O6/c1-25(2,3)34-23(31)20-21(33-16-17-10-8-7-9-11-17)22(30)28-19(27-20)14-18-12-13-29(15-18)24(32)35-26(4,5)6/h7-11,18H,12-16H2,1-6H3,(H,27,28,30). The minimum Gasteiger partial charge on any atom is -0.481 e. The summed E-state index contributed by atoms with van der Waals surface area (Å²) in [5, 5.41) is 0. The maximum absolute atomic E-state index is 12.9. The van der Waals surface area contributed by atoms with Gasteiger partial charge in [0.1, 0.15) is 23.6 Å². The van der Waals surface area contributed by atoms with Crippen LogP contribution in [0.4, 0.5) is 4.79 Å². The number of carbonyl (C=O) groups is 2. The molecule has 0 bridgehead atoms. The summed E-state index contributed by atoms with van der Waals surface area (Å²) in [6, 6.07) is 9.33. The van der Waals surface area contributed by atoms with Crippen molar-refractivity contribution in [3.05, 3.63) is 57.8 Å². The second-order valence-corrected chi connectivity index (χ2v) is 10.8. The number of rotatable bonds is 6. The number of carbonyl (C=O) groups excluding carboxylic acids is 2. The Morgan fingerprint density at radius 3 is 2.34 bits per heavy atom. The van der Waals surface area contributed by atoms with E-state index in [9.17, 15) is 14.4 Å². The first kappa shape index (κ1) is 26.2. The second kappa shape index (κ2) is 10.5. The van der Waals surface area contributed by atoms with E-state index in [1.54, 1.807) is 25.7 Å². The Hall–Kier alpha value is -3.36. The zero-order valence-electron chi connectivity index (χ0n) is 21.3. The number of hydrogen-bond acceptors (Lipinski definition) is 7. The number of aromatic nitrogens is 2. The highest BCUT2D eigenvalue weighted by Crippen LogP contribution is 2.23. The lowest BCUT2D eigenvalue weighted by molar-refractivity contribution is 0.00567. The van der Waals surface area contributed by atoms with Crippen LogP contribution in [0, 0.1) is 5.92 Å². The molecule has 190 valence electrons. The first-order chi connectivity index (χ1) is 16.3. The molecule has 0 aliphatic carbocycles. The molecule has 1 N–H and O–H groups in total. The van der Waals surface area contributed by atoms with Crippen LogP contribution < -0.4 is 10.3 Å². The van der Waals surface area contributed by atoms with Gasteiger partial charge in [-0.05, 0) is 59.4 Å². The minimum atomic E-state index is -0.766. The number of ether oxygens (including phenoxy) is 3. The number of nitrogens with zero attached hydrogens (tertiary/aromatic N) is 2. The van der Waals surface area contributed by atoms with Crippen molar-refractivity contribution in [2.24, 2.45) is 5.92 Å². The van der Waals surface area contributed by atoms with Crippen molar-refractivity contribution in [2.45, 2.75) is 72.2 Å². The number of benzene rings is 1. The summed E-state index contributed by atoms with van der Waals surface area (Å²) in [4.78, 5) is 47.1. The zero-order chi connectivity index (χ0) is 25.8. The minimum absolute atomic E-state index is 0.0632. The average molecular weight is 486 g/mol. The van der Waals surface area contributed by atoms with Crippen molar-refractivity contribution in [1.29, 1.82) is 0 Å². The Morgan fingerprint density at radius 2 is 1.71 bits per heavy atom. The van der Waals surface area contributed by atoms with Crippen molar-refractivity contribution >= 4 is 12.1 Å². The van der Waals surface area contributed by atoms with Crippen LogP contribution in [-0.2, 0) is 22.5 Å². The smallest absolute Gasteiger partial charge is 0.410 e. The molecule has 2 aromatic rings. The predicted molar refractivity (Wildman–Crippen MR) is 130 cm³/mol. The molecule has 1 aromatic carbocycles. The van der Waals surface area contributed by atoms with E-state index in [4.69, 9.17) is 14.2 Å². The van der Waals surface area contributed by atoms with Crippen molar-refractivity contribution in [3.63, 3.8) is 0 Å². The van der Waals surface area contributed by atoms with E-state index < -0.39 is 22.7 Å². The maximum atomic E-state index is 12.9. The fraction of sp³-hybridized carbons (Fsp3) is 0.538. The van der Waals surface area contributed by atoms with Gasteiger partial charge in [0.2, 0.25) is 5.75 Å². The third-order valence-electron chi connectivity index (χ3n) is 5.16. The summed E-state index contributed by atoms with van der Waals surface area (Å²) in [5.74, 6) is -0.490. The van der Waals surface area contributed by atoms with Crippen LogP contribution in [0.3, 0.4) is 0 Å². The first-order valence-corrected chi connectivity index (χ1v) is 11.8. The van der Waals surface area contributed by atoms with Crippen molar-refractivity contribution in [2.75, 3.05) is 13.1 Å². The molecule has 1 aliphatic heterocycles. The van der Waals surface area contributed by atoms with E-state index in [1.807, 2.05) is 51.1 Å². The quantitative estimate of drug-likeness (QED) is 0.613. The highest BCUT2D eigenvalue weighted by atomic mass is 16.6. The number of amides is 1. The monoisotopic (exact) mass is 485 g/mol. The predicted octanol–water partition coefficient (Wildman–Crippen LogP) is 4.10. The van der Waals surface area contributed by atoms with E-state index in [-0.39, 0.29) is 30.1 Å². The molecule has 2 heterocycles. The highest BCUT2D eigenvalue weighted by Gasteiger charge is 2.31. The van der Waals surface area contributed by atoms with Crippen LogP contribution in [-0.4, -0.2) is 51.2 Å². The van der Waals surface area contributed by atoms with E-state index in [0.29, 0.717) is 25.3 Å². The van der Waals surface area contributed by atoms with Gasteiger partial charge < -0.3 is 24.1 Å². The van der Waals surface area contributed by atoms with Crippen LogP contribution in [0.15, 0.2) is 35.1 Å². The molecule has 1 atom stereocenters. The molecule has 9 nitrogen and oxygen atoms in total. The van der Waals surface area contributed by atoms with Gasteiger partial charge >= 0.3 is 12.1 Å². The molecular formula is C26H35N3O6. The Morgan fingerprint density at radius 1 is 1.06 bits per heavy atom. The normalized spacial score (nSPS) is 16.2. The first-order valence-electron chi connectivity index (χ1n) is 11.8. The SMILES string of the molecule is CC(C)(C)OC(=O)c1nc(CC2CCN(C(=O)OC(C)(C)C)C2)[nH]c(=O)c1OCc1ccccc1. The fourth-order valence-electron chi connectivity index (χ4n) is 3.70. The number of hydrogen-bond donors (Lipinski definition) is 1. The van der Waals surface area contributed by atoms with E-state index in [2.05, 4.69) is 9.97 Å². The molecule has 9 heteroatoms. The lowest BCUT2D eigenvalue weighted by atomic mass is 10.0. The number of likely N-dealkylation sites (tertiary alicyclic amines) is 1. The maximum Gasteiger partial charge on any atom is 0.410 e. The summed E-state index contributed by atoms with van der Waals surface area (Å²) in [6.07, 6.45) is 0.765. The molecule has 35 heavy (non-hydrogen) atoms. The van der Waals surface area contributed by atoms with Gasteiger partial charge in [-0.3, -0.25) is 4.79 Å². The topological polar surface area (TPSA) is 111 Å². The molecule has 1 aromatic heterocycles. The van der Waals surface area contributed by atoms with Crippen molar-refractivity contribution < 1.29 is 23.8 Å². The van der Waals surface area contributed by atoms with Crippen LogP contribution >= 0.6 is 0 Å². The van der Waals surface area contributed by atoms with E-state index >= 15 is 0 Å². The van der Waals surface area contributed by atoms with Crippen LogP contribution in [0.2, 0.25) is 0 Å². The van der Waals surface area contributed by atoms with Crippen LogP contribution in [0.1, 0.15) is 69.8 Å². The van der Waals surface area contributed by atoms with Gasteiger partial charge in [0.05, 0.1) is 0 Å². The lowest BCUT2D eigenvalue weighted by Crippen LogP contribution is -2.35.